The number of ether oxygens (including phenoxy) is 1. The molecule has 0 aromatic heterocycles. The SMILES string of the molecule is C#CC(=O)Nc1cccc(C(=O)OC)c1. The van der Waals surface area contributed by atoms with Crippen molar-refractivity contribution in [3.63, 3.8) is 0 Å². The van der Waals surface area contributed by atoms with Crippen LogP contribution in [0.15, 0.2) is 24.3 Å². The van der Waals surface area contributed by atoms with Crippen LogP contribution in [0.4, 0.5) is 5.69 Å². The molecule has 0 unspecified atom stereocenters. The summed E-state index contributed by atoms with van der Waals surface area (Å²) in [5, 5.41) is 2.43. The Labute approximate surface area is 87.2 Å². The van der Waals surface area contributed by atoms with Gasteiger partial charge in [0.2, 0.25) is 0 Å². The number of rotatable bonds is 2. The van der Waals surface area contributed by atoms with E-state index in [4.69, 9.17) is 6.42 Å². The molecule has 0 bridgehead atoms. The number of anilines is 1. The molecule has 15 heavy (non-hydrogen) atoms. The quantitative estimate of drug-likeness (QED) is 0.577. The molecule has 0 aliphatic heterocycles. The van der Waals surface area contributed by atoms with Gasteiger partial charge >= 0.3 is 5.97 Å². The van der Waals surface area contributed by atoms with Crippen LogP contribution < -0.4 is 5.32 Å². The molecule has 0 atom stereocenters. The number of carbonyl (C=O) groups excluding carboxylic acids is 2. The summed E-state index contributed by atoms with van der Waals surface area (Å²) in [6.45, 7) is 0. The first-order valence-electron chi connectivity index (χ1n) is 4.13. The summed E-state index contributed by atoms with van der Waals surface area (Å²) in [4.78, 5) is 22.0. The van der Waals surface area contributed by atoms with Crippen molar-refractivity contribution in [1.29, 1.82) is 0 Å². The number of esters is 1. The Kier molecular flexibility index (Phi) is 3.47. The zero-order valence-electron chi connectivity index (χ0n) is 8.11. The van der Waals surface area contributed by atoms with Gasteiger partial charge in [0.05, 0.1) is 12.7 Å². The van der Waals surface area contributed by atoms with Crippen LogP contribution in [0.1, 0.15) is 10.4 Å². The fraction of sp³-hybridized carbons (Fsp3) is 0.0909. The van der Waals surface area contributed by atoms with E-state index in [1.807, 2.05) is 5.92 Å². The number of hydrogen-bond donors (Lipinski definition) is 1. The van der Waals surface area contributed by atoms with Crippen LogP contribution in [0.5, 0.6) is 0 Å². The van der Waals surface area contributed by atoms with Gasteiger partial charge in [0.15, 0.2) is 0 Å². The van der Waals surface area contributed by atoms with E-state index in [2.05, 4.69) is 10.1 Å². The van der Waals surface area contributed by atoms with Crippen LogP contribution >= 0.6 is 0 Å². The molecule has 1 rings (SSSR count). The van der Waals surface area contributed by atoms with Crippen LogP contribution in [-0.4, -0.2) is 19.0 Å². The number of hydrogen-bond acceptors (Lipinski definition) is 3. The second kappa shape index (κ2) is 4.82. The van der Waals surface area contributed by atoms with Gasteiger partial charge in [0, 0.05) is 5.69 Å². The highest BCUT2D eigenvalue weighted by Gasteiger charge is 2.06. The summed E-state index contributed by atoms with van der Waals surface area (Å²) in [5.74, 6) is 0.886. The molecule has 4 heteroatoms. The van der Waals surface area contributed by atoms with Crippen molar-refractivity contribution in [2.75, 3.05) is 12.4 Å². The van der Waals surface area contributed by atoms with E-state index in [-0.39, 0.29) is 0 Å². The van der Waals surface area contributed by atoms with E-state index in [1.54, 1.807) is 18.2 Å². The van der Waals surface area contributed by atoms with Crippen molar-refractivity contribution in [2.24, 2.45) is 0 Å². The summed E-state index contributed by atoms with van der Waals surface area (Å²) in [6.07, 6.45) is 4.89. The Bertz CT molecular complexity index is 432. The highest BCUT2D eigenvalue weighted by molar-refractivity contribution is 6.04. The van der Waals surface area contributed by atoms with Crippen molar-refractivity contribution in [3.8, 4) is 12.3 Å². The van der Waals surface area contributed by atoms with Gasteiger partial charge in [0.25, 0.3) is 5.91 Å². The van der Waals surface area contributed by atoms with E-state index in [0.29, 0.717) is 11.3 Å². The molecule has 1 aromatic carbocycles. The highest BCUT2D eigenvalue weighted by Crippen LogP contribution is 2.11. The van der Waals surface area contributed by atoms with E-state index in [1.165, 1.54) is 13.2 Å². The fourth-order valence-corrected chi connectivity index (χ4v) is 1.01. The third-order valence-corrected chi connectivity index (χ3v) is 1.67. The average molecular weight is 203 g/mol. The second-order valence-corrected chi connectivity index (χ2v) is 2.67. The number of methoxy groups -OCH3 is 1. The van der Waals surface area contributed by atoms with Crippen LogP contribution in [0, 0.1) is 12.3 Å². The van der Waals surface area contributed by atoms with Crippen LogP contribution in [0.25, 0.3) is 0 Å². The maximum atomic E-state index is 11.1. The van der Waals surface area contributed by atoms with Crippen molar-refractivity contribution in [1.82, 2.24) is 0 Å². The first kappa shape index (κ1) is 10.8. The van der Waals surface area contributed by atoms with E-state index < -0.39 is 11.9 Å². The van der Waals surface area contributed by atoms with Crippen LogP contribution in [-0.2, 0) is 9.53 Å². The molecule has 4 nitrogen and oxygen atoms in total. The van der Waals surface area contributed by atoms with Gasteiger partial charge in [-0.25, -0.2) is 4.79 Å². The molecule has 0 radical (unpaired) electrons. The summed E-state index contributed by atoms with van der Waals surface area (Å²) >= 11 is 0. The minimum Gasteiger partial charge on any atom is -0.465 e. The van der Waals surface area contributed by atoms with E-state index in [0.717, 1.165) is 0 Å². The zero-order valence-corrected chi connectivity index (χ0v) is 8.11. The van der Waals surface area contributed by atoms with Gasteiger partial charge in [-0.1, -0.05) is 6.07 Å². The molecular weight excluding hydrogens is 194 g/mol. The molecule has 0 fully saturated rings. The average Bonchev–Trinajstić information content (AvgIpc) is 2.28. The zero-order chi connectivity index (χ0) is 11.3. The van der Waals surface area contributed by atoms with Crippen molar-refractivity contribution in [3.05, 3.63) is 29.8 Å². The van der Waals surface area contributed by atoms with Crippen LogP contribution in [0.3, 0.4) is 0 Å². The lowest BCUT2D eigenvalue weighted by molar-refractivity contribution is -0.111. The van der Waals surface area contributed by atoms with Crippen molar-refractivity contribution in [2.45, 2.75) is 0 Å². The molecule has 1 amide bonds. The van der Waals surface area contributed by atoms with Gasteiger partial charge in [-0.05, 0) is 24.1 Å². The number of amides is 1. The Morgan fingerprint density at radius 1 is 1.47 bits per heavy atom. The minimum atomic E-state index is -0.558. The van der Waals surface area contributed by atoms with Gasteiger partial charge in [-0.2, -0.15) is 0 Å². The monoisotopic (exact) mass is 203 g/mol. The molecule has 0 aliphatic carbocycles. The van der Waals surface area contributed by atoms with Gasteiger partial charge in [-0.15, -0.1) is 6.42 Å². The first-order valence-corrected chi connectivity index (χ1v) is 4.13. The Hall–Kier alpha value is -2.28. The largest absolute Gasteiger partial charge is 0.465 e. The number of nitrogens with one attached hydrogen (secondary N) is 1. The fourth-order valence-electron chi connectivity index (χ4n) is 1.01. The Morgan fingerprint density at radius 2 is 2.20 bits per heavy atom. The number of benzene rings is 1. The number of carbonyl (C=O) groups is 2. The Morgan fingerprint density at radius 3 is 2.80 bits per heavy atom. The molecule has 0 saturated carbocycles. The molecule has 0 spiro atoms. The molecule has 0 aliphatic rings. The number of terminal acetylenes is 1. The topological polar surface area (TPSA) is 55.4 Å². The van der Waals surface area contributed by atoms with Crippen molar-refractivity contribution < 1.29 is 14.3 Å². The lowest BCUT2D eigenvalue weighted by Gasteiger charge is -2.03. The predicted octanol–water partition coefficient (Wildman–Crippen LogP) is 1.04. The molecule has 76 valence electrons. The third-order valence-electron chi connectivity index (χ3n) is 1.67. The lowest BCUT2D eigenvalue weighted by atomic mass is 10.2. The molecule has 1 aromatic rings. The lowest BCUT2D eigenvalue weighted by Crippen LogP contribution is -2.09. The molecule has 1 N–H and O–H groups in total. The normalized spacial score (nSPS) is 8.80. The minimum absolute atomic E-state index is 0.354. The maximum absolute atomic E-state index is 11.1. The standard InChI is InChI=1S/C11H9NO3/c1-3-10(13)12-9-6-4-5-8(7-9)11(14)15-2/h1,4-7H,2H3,(H,12,13). The first-order chi connectivity index (χ1) is 7.17. The van der Waals surface area contributed by atoms with E-state index >= 15 is 0 Å². The molecular formula is C11H9NO3. The Balaban J connectivity index is 2.89. The second-order valence-electron chi connectivity index (χ2n) is 2.67. The van der Waals surface area contributed by atoms with Gasteiger partial charge in [0.1, 0.15) is 0 Å². The highest BCUT2D eigenvalue weighted by atomic mass is 16.5. The van der Waals surface area contributed by atoms with E-state index in [9.17, 15) is 9.59 Å². The maximum Gasteiger partial charge on any atom is 0.337 e. The predicted molar refractivity (Wildman–Crippen MR) is 55.2 cm³/mol. The van der Waals surface area contributed by atoms with Gasteiger partial charge < -0.3 is 10.1 Å². The molecule has 0 saturated heterocycles. The third kappa shape index (κ3) is 2.85. The summed E-state index contributed by atoms with van der Waals surface area (Å²) in [5.41, 5.74) is 0.813. The molecule has 0 heterocycles. The summed E-state index contributed by atoms with van der Waals surface area (Å²) in [6, 6.07) is 6.32. The van der Waals surface area contributed by atoms with Crippen LogP contribution in [0.2, 0.25) is 0 Å². The smallest absolute Gasteiger partial charge is 0.337 e. The van der Waals surface area contributed by atoms with Crippen molar-refractivity contribution >= 4 is 17.6 Å². The summed E-state index contributed by atoms with van der Waals surface area (Å²) in [7, 11) is 1.29. The summed E-state index contributed by atoms with van der Waals surface area (Å²) < 4.78 is 4.53. The van der Waals surface area contributed by atoms with Gasteiger partial charge in [-0.3, -0.25) is 4.79 Å².